The van der Waals surface area contributed by atoms with E-state index in [-0.39, 0.29) is 0 Å². The molecule has 0 aliphatic rings. The van der Waals surface area contributed by atoms with Gasteiger partial charge in [0.1, 0.15) is 11.3 Å². The third-order valence-corrected chi connectivity index (χ3v) is 4.05. The summed E-state index contributed by atoms with van der Waals surface area (Å²) in [6.45, 7) is 3.77. The number of hydrogen-bond donors (Lipinski definition) is 2. The molecule has 0 saturated carbocycles. The molecule has 0 unspecified atom stereocenters. The molecule has 0 spiro atoms. The third-order valence-electron chi connectivity index (χ3n) is 4.05. The van der Waals surface area contributed by atoms with Crippen molar-refractivity contribution in [2.24, 2.45) is 0 Å². The van der Waals surface area contributed by atoms with Gasteiger partial charge in [0, 0.05) is 6.54 Å². The zero-order valence-electron chi connectivity index (χ0n) is 14.9. The van der Waals surface area contributed by atoms with Crippen molar-refractivity contribution in [1.82, 2.24) is 4.98 Å². The number of aliphatic carboxylic acids is 1. The summed E-state index contributed by atoms with van der Waals surface area (Å²) in [4.78, 5) is 15.7. The molecule has 0 atom stereocenters. The van der Waals surface area contributed by atoms with Crippen LogP contribution in [-0.4, -0.2) is 28.2 Å². The molecule has 3 rings (SSSR count). The van der Waals surface area contributed by atoms with E-state index in [1.807, 2.05) is 42.5 Å². The summed E-state index contributed by atoms with van der Waals surface area (Å²) in [6.07, 6.45) is 1.58. The lowest BCUT2D eigenvalue weighted by molar-refractivity contribution is -0.152. The maximum atomic E-state index is 11.3. The summed E-state index contributed by atoms with van der Waals surface area (Å²) in [5, 5.41) is 12.4. The number of benzene rings is 2. The van der Waals surface area contributed by atoms with Gasteiger partial charge in [-0.25, -0.2) is 4.79 Å². The Balaban J connectivity index is 1.57. The number of carboxylic acid groups (broad SMARTS) is 1. The molecule has 0 bridgehead atoms. The quantitative estimate of drug-likeness (QED) is 0.592. The molecular formula is C20H22N2O4. The summed E-state index contributed by atoms with van der Waals surface area (Å²) in [6, 6.07) is 15.6. The minimum absolute atomic E-state index is 0.503. The molecule has 2 N–H and O–H groups in total. The maximum absolute atomic E-state index is 11.3. The number of rotatable bonds is 8. The number of para-hydroxylation sites is 3. The van der Waals surface area contributed by atoms with Crippen molar-refractivity contribution >= 4 is 23.1 Å². The molecule has 0 saturated heterocycles. The van der Waals surface area contributed by atoms with Crippen LogP contribution >= 0.6 is 0 Å². The number of anilines is 1. The molecule has 0 fully saturated rings. The monoisotopic (exact) mass is 354 g/mol. The second-order valence-electron chi connectivity index (χ2n) is 6.54. The van der Waals surface area contributed by atoms with Gasteiger partial charge in [-0.3, -0.25) is 0 Å². The summed E-state index contributed by atoms with van der Waals surface area (Å²) in [5.41, 5.74) is 1.28. The highest BCUT2D eigenvalue weighted by Gasteiger charge is 2.30. The average molecular weight is 354 g/mol. The van der Waals surface area contributed by atoms with E-state index < -0.39 is 11.6 Å². The van der Waals surface area contributed by atoms with Crippen molar-refractivity contribution in [2.75, 3.05) is 11.9 Å². The maximum Gasteiger partial charge on any atom is 0.347 e. The predicted molar refractivity (Wildman–Crippen MR) is 99.6 cm³/mol. The van der Waals surface area contributed by atoms with Gasteiger partial charge in [0.25, 0.3) is 6.01 Å². The fraction of sp³-hybridized carbons (Fsp3) is 0.300. The van der Waals surface area contributed by atoms with Crippen molar-refractivity contribution in [2.45, 2.75) is 32.3 Å². The van der Waals surface area contributed by atoms with E-state index in [0.29, 0.717) is 18.3 Å². The fourth-order valence-electron chi connectivity index (χ4n) is 2.55. The largest absolute Gasteiger partial charge is 0.478 e. The minimum atomic E-state index is -1.27. The number of hydrogen-bond acceptors (Lipinski definition) is 5. The Bertz CT molecular complexity index is 868. The molecular weight excluding hydrogens is 332 g/mol. The van der Waals surface area contributed by atoms with Gasteiger partial charge >= 0.3 is 5.97 Å². The molecule has 0 radical (unpaired) electrons. The predicted octanol–water partition coefficient (Wildman–Crippen LogP) is 4.11. The number of carbonyl (C=O) groups is 1. The van der Waals surface area contributed by atoms with Gasteiger partial charge in [0.05, 0.1) is 0 Å². The zero-order valence-corrected chi connectivity index (χ0v) is 14.9. The van der Waals surface area contributed by atoms with E-state index in [2.05, 4.69) is 10.3 Å². The third kappa shape index (κ3) is 4.14. The lowest BCUT2D eigenvalue weighted by Crippen LogP contribution is -2.38. The van der Waals surface area contributed by atoms with Crippen LogP contribution in [-0.2, 0) is 11.2 Å². The topological polar surface area (TPSA) is 84.6 Å². The van der Waals surface area contributed by atoms with E-state index in [1.165, 1.54) is 0 Å². The Labute approximate surface area is 151 Å². The standard InChI is InChI=1S/C20H22N2O4/c1-20(2,18(23)24)26-16-11-5-3-8-14(16)9-7-13-21-19-22-15-10-4-6-12-17(15)25-19/h3-6,8,10-12H,7,9,13H2,1-2H3,(H,21,22)(H,23,24). The molecule has 3 aromatic rings. The van der Waals surface area contributed by atoms with Gasteiger partial charge in [-0.15, -0.1) is 0 Å². The number of fused-ring (bicyclic) bond motifs is 1. The first-order valence-electron chi connectivity index (χ1n) is 8.55. The number of nitrogens with zero attached hydrogens (tertiary/aromatic N) is 1. The Hall–Kier alpha value is -3.02. The molecule has 1 aromatic heterocycles. The second kappa shape index (κ2) is 7.47. The summed E-state index contributed by atoms with van der Waals surface area (Å²) < 4.78 is 11.3. The van der Waals surface area contributed by atoms with Crippen LogP contribution in [0.25, 0.3) is 11.1 Å². The van der Waals surface area contributed by atoms with E-state index >= 15 is 0 Å². The van der Waals surface area contributed by atoms with Crippen LogP contribution < -0.4 is 10.1 Å². The summed E-state index contributed by atoms with van der Waals surface area (Å²) in [7, 11) is 0. The average Bonchev–Trinajstić information content (AvgIpc) is 3.02. The van der Waals surface area contributed by atoms with Gasteiger partial charge in [-0.2, -0.15) is 4.98 Å². The number of ether oxygens (including phenoxy) is 1. The Morgan fingerprint density at radius 2 is 1.92 bits per heavy atom. The Kier molecular flexibility index (Phi) is 5.11. The highest BCUT2D eigenvalue weighted by molar-refractivity contribution is 5.77. The number of aryl methyl sites for hydroxylation is 1. The number of aromatic nitrogens is 1. The highest BCUT2D eigenvalue weighted by atomic mass is 16.5. The first kappa shape index (κ1) is 17.8. The fourth-order valence-corrected chi connectivity index (χ4v) is 2.55. The van der Waals surface area contributed by atoms with E-state index in [1.54, 1.807) is 19.9 Å². The van der Waals surface area contributed by atoms with E-state index in [9.17, 15) is 9.90 Å². The van der Waals surface area contributed by atoms with Crippen LogP contribution in [0.15, 0.2) is 52.9 Å². The molecule has 0 aliphatic carbocycles. The molecule has 6 heteroatoms. The van der Waals surface area contributed by atoms with Crippen molar-refractivity contribution in [3.05, 3.63) is 54.1 Å². The van der Waals surface area contributed by atoms with Crippen LogP contribution in [0.2, 0.25) is 0 Å². The lowest BCUT2D eigenvalue weighted by atomic mass is 10.1. The van der Waals surface area contributed by atoms with Crippen molar-refractivity contribution < 1.29 is 19.1 Å². The van der Waals surface area contributed by atoms with Crippen molar-refractivity contribution in [3.8, 4) is 5.75 Å². The lowest BCUT2D eigenvalue weighted by Gasteiger charge is -2.23. The first-order chi connectivity index (χ1) is 12.5. The van der Waals surface area contributed by atoms with Gasteiger partial charge < -0.3 is 19.6 Å². The Morgan fingerprint density at radius 1 is 1.19 bits per heavy atom. The van der Waals surface area contributed by atoms with Crippen LogP contribution in [0.4, 0.5) is 6.01 Å². The summed E-state index contributed by atoms with van der Waals surface area (Å²) >= 11 is 0. The molecule has 1 heterocycles. The first-order valence-corrected chi connectivity index (χ1v) is 8.55. The number of carboxylic acids is 1. The van der Waals surface area contributed by atoms with E-state index in [0.717, 1.165) is 29.5 Å². The minimum Gasteiger partial charge on any atom is -0.478 e. The second-order valence-corrected chi connectivity index (χ2v) is 6.54. The van der Waals surface area contributed by atoms with Crippen LogP contribution in [0, 0.1) is 0 Å². The SMILES string of the molecule is CC(C)(Oc1ccccc1CCCNc1nc2ccccc2o1)C(=O)O. The van der Waals surface area contributed by atoms with E-state index in [4.69, 9.17) is 9.15 Å². The van der Waals surface area contributed by atoms with Crippen LogP contribution in [0.3, 0.4) is 0 Å². The zero-order chi connectivity index (χ0) is 18.6. The molecule has 0 aliphatic heterocycles. The Morgan fingerprint density at radius 3 is 2.69 bits per heavy atom. The molecule has 26 heavy (non-hydrogen) atoms. The van der Waals surface area contributed by atoms with Gasteiger partial charge in [0.2, 0.25) is 0 Å². The van der Waals surface area contributed by atoms with Crippen molar-refractivity contribution in [1.29, 1.82) is 0 Å². The molecule has 2 aromatic carbocycles. The molecule has 0 amide bonds. The van der Waals surface area contributed by atoms with Gasteiger partial charge in [0.15, 0.2) is 11.2 Å². The number of oxazole rings is 1. The number of nitrogens with one attached hydrogen (secondary N) is 1. The van der Waals surface area contributed by atoms with Crippen molar-refractivity contribution in [3.63, 3.8) is 0 Å². The highest BCUT2D eigenvalue weighted by Crippen LogP contribution is 2.25. The summed E-state index contributed by atoms with van der Waals surface area (Å²) in [5.74, 6) is -0.397. The molecule has 136 valence electrons. The molecule has 6 nitrogen and oxygen atoms in total. The van der Waals surface area contributed by atoms with Gasteiger partial charge in [-0.05, 0) is 50.5 Å². The normalized spacial score (nSPS) is 11.5. The smallest absolute Gasteiger partial charge is 0.347 e. The van der Waals surface area contributed by atoms with Crippen LogP contribution in [0.1, 0.15) is 25.8 Å². The van der Waals surface area contributed by atoms with Gasteiger partial charge in [-0.1, -0.05) is 30.3 Å². The van der Waals surface area contributed by atoms with Crippen LogP contribution in [0.5, 0.6) is 5.75 Å².